The predicted octanol–water partition coefficient (Wildman–Crippen LogP) is 0.678. The van der Waals surface area contributed by atoms with Crippen molar-refractivity contribution in [1.82, 2.24) is 10.2 Å². The van der Waals surface area contributed by atoms with Crippen molar-refractivity contribution in [3.63, 3.8) is 0 Å². The summed E-state index contributed by atoms with van der Waals surface area (Å²) in [6, 6.07) is 3.35. The van der Waals surface area contributed by atoms with E-state index in [0.29, 0.717) is 0 Å². The van der Waals surface area contributed by atoms with Crippen LogP contribution in [0.3, 0.4) is 0 Å². The summed E-state index contributed by atoms with van der Waals surface area (Å²) in [4.78, 5) is 23.9. The van der Waals surface area contributed by atoms with Crippen LogP contribution in [0.25, 0.3) is 0 Å². The van der Waals surface area contributed by atoms with Crippen molar-refractivity contribution in [1.29, 1.82) is 0 Å². The summed E-state index contributed by atoms with van der Waals surface area (Å²) in [7, 11) is 1.31. The maximum absolute atomic E-state index is 11.2. The van der Waals surface area contributed by atoms with Crippen LogP contribution in [0.15, 0.2) is 12.1 Å². The Morgan fingerprint density at radius 1 is 1.39 bits per heavy atom. The molecule has 0 N–H and O–H groups in total. The molecule has 0 atom stereocenters. The van der Waals surface area contributed by atoms with Gasteiger partial charge in [0.15, 0.2) is 11.5 Å². The smallest absolute Gasteiger partial charge is 0.358 e. The summed E-state index contributed by atoms with van der Waals surface area (Å²) < 4.78 is 4.56. The molecule has 1 aromatic heterocycles. The molecule has 0 saturated carbocycles. The van der Waals surface area contributed by atoms with Crippen molar-refractivity contribution in [3.05, 3.63) is 17.8 Å². The second-order valence-electron chi connectivity index (χ2n) is 4.23. The third-order valence-electron chi connectivity index (χ3n) is 3.10. The zero-order valence-electron chi connectivity index (χ0n) is 10.2. The molecule has 0 amide bonds. The lowest BCUT2D eigenvalue weighted by molar-refractivity contribution is -0.111. The number of rotatable bonds is 3. The normalized spacial score (nSPS) is 16.4. The minimum atomic E-state index is -0.492. The van der Waals surface area contributed by atoms with E-state index in [2.05, 4.69) is 19.8 Å². The number of hydrogen-bond acceptors (Lipinski definition) is 6. The van der Waals surface area contributed by atoms with Gasteiger partial charge in [-0.05, 0) is 25.0 Å². The van der Waals surface area contributed by atoms with Crippen LogP contribution < -0.4 is 4.90 Å². The maximum atomic E-state index is 11.2. The number of ether oxygens (including phenoxy) is 1. The second kappa shape index (κ2) is 5.57. The van der Waals surface area contributed by atoms with Crippen molar-refractivity contribution < 1.29 is 14.3 Å². The Morgan fingerprint density at radius 2 is 2.11 bits per heavy atom. The molecular weight excluding hydrogens is 234 g/mol. The highest BCUT2D eigenvalue weighted by Gasteiger charge is 2.20. The van der Waals surface area contributed by atoms with Crippen LogP contribution in [0.1, 0.15) is 23.3 Å². The minimum Gasteiger partial charge on any atom is -0.464 e. The average molecular weight is 249 g/mol. The fourth-order valence-corrected chi connectivity index (χ4v) is 1.97. The average Bonchev–Trinajstić information content (AvgIpc) is 2.47. The molecule has 0 unspecified atom stereocenters. The van der Waals surface area contributed by atoms with Crippen LogP contribution in [0.5, 0.6) is 0 Å². The van der Waals surface area contributed by atoms with Gasteiger partial charge in [0.05, 0.1) is 7.11 Å². The van der Waals surface area contributed by atoms with Gasteiger partial charge in [-0.2, -0.15) is 0 Å². The number of aldehydes is 1. The van der Waals surface area contributed by atoms with Gasteiger partial charge in [0, 0.05) is 19.0 Å². The summed E-state index contributed by atoms with van der Waals surface area (Å²) in [5, 5.41) is 7.84. The largest absolute Gasteiger partial charge is 0.464 e. The van der Waals surface area contributed by atoms with Crippen LogP contribution in [0.2, 0.25) is 0 Å². The Labute approximate surface area is 105 Å². The summed E-state index contributed by atoms with van der Waals surface area (Å²) in [6.07, 6.45) is 2.69. The summed E-state index contributed by atoms with van der Waals surface area (Å²) in [5.74, 6) is 0.393. The highest BCUT2D eigenvalue weighted by molar-refractivity contribution is 5.86. The van der Waals surface area contributed by atoms with E-state index in [1.54, 1.807) is 12.1 Å². The van der Waals surface area contributed by atoms with E-state index in [1.165, 1.54) is 7.11 Å². The monoisotopic (exact) mass is 249 g/mol. The lowest BCUT2D eigenvalue weighted by Gasteiger charge is -2.30. The molecule has 6 heteroatoms. The van der Waals surface area contributed by atoms with Crippen molar-refractivity contribution in [2.24, 2.45) is 5.92 Å². The molecule has 1 aromatic rings. The van der Waals surface area contributed by atoms with Crippen LogP contribution in [0, 0.1) is 5.92 Å². The molecule has 1 aliphatic rings. The van der Waals surface area contributed by atoms with E-state index in [-0.39, 0.29) is 11.6 Å². The van der Waals surface area contributed by atoms with E-state index in [9.17, 15) is 9.59 Å². The molecular formula is C12H15N3O3. The zero-order chi connectivity index (χ0) is 13.0. The van der Waals surface area contributed by atoms with Crippen LogP contribution in [-0.2, 0) is 9.53 Å². The molecule has 6 nitrogen and oxygen atoms in total. The minimum absolute atomic E-state index is 0.156. The second-order valence-corrected chi connectivity index (χ2v) is 4.23. The predicted molar refractivity (Wildman–Crippen MR) is 64.4 cm³/mol. The molecule has 96 valence electrons. The van der Waals surface area contributed by atoms with Crippen molar-refractivity contribution >= 4 is 18.1 Å². The molecule has 0 aliphatic carbocycles. The zero-order valence-corrected chi connectivity index (χ0v) is 10.2. The van der Waals surface area contributed by atoms with Crippen molar-refractivity contribution in [3.8, 4) is 0 Å². The molecule has 0 aromatic carbocycles. The number of esters is 1. The van der Waals surface area contributed by atoms with Crippen LogP contribution in [0.4, 0.5) is 5.82 Å². The number of carbonyl (C=O) groups excluding carboxylic acids is 2. The molecule has 2 heterocycles. The van der Waals surface area contributed by atoms with E-state index >= 15 is 0 Å². The molecule has 0 spiro atoms. The van der Waals surface area contributed by atoms with Crippen LogP contribution in [-0.4, -0.2) is 42.7 Å². The van der Waals surface area contributed by atoms with E-state index in [4.69, 9.17) is 0 Å². The molecule has 1 aliphatic heterocycles. The van der Waals surface area contributed by atoms with E-state index in [0.717, 1.165) is 38.0 Å². The summed E-state index contributed by atoms with van der Waals surface area (Å²) >= 11 is 0. The topological polar surface area (TPSA) is 72.4 Å². The van der Waals surface area contributed by atoms with Gasteiger partial charge < -0.3 is 14.4 Å². The van der Waals surface area contributed by atoms with Gasteiger partial charge in [0.2, 0.25) is 0 Å². The summed E-state index contributed by atoms with van der Waals surface area (Å²) in [6.45, 7) is 1.57. The third kappa shape index (κ3) is 2.64. The van der Waals surface area contributed by atoms with E-state index in [1.807, 2.05) is 0 Å². The summed E-state index contributed by atoms with van der Waals surface area (Å²) in [5.41, 5.74) is 0.198. The first-order valence-electron chi connectivity index (χ1n) is 5.87. The Hall–Kier alpha value is -1.98. The molecule has 1 fully saturated rings. The number of carbonyl (C=O) groups is 2. The number of piperidine rings is 1. The Morgan fingerprint density at radius 3 is 2.61 bits per heavy atom. The van der Waals surface area contributed by atoms with Gasteiger partial charge in [0.25, 0.3) is 0 Å². The first-order valence-corrected chi connectivity index (χ1v) is 5.87. The third-order valence-corrected chi connectivity index (χ3v) is 3.10. The Balaban J connectivity index is 2.02. The lowest BCUT2D eigenvalue weighted by atomic mass is 9.99. The van der Waals surface area contributed by atoms with Gasteiger partial charge >= 0.3 is 5.97 Å². The number of aromatic nitrogens is 2. The number of methoxy groups -OCH3 is 1. The van der Waals surface area contributed by atoms with Gasteiger partial charge in [0.1, 0.15) is 6.29 Å². The first-order chi connectivity index (χ1) is 8.74. The lowest BCUT2D eigenvalue weighted by Crippen LogP contribution is -2.34. The Kier molecular flexibility index (Phi) is 3.86. The Bertz CT molecular complexity index is 425. The molecule has 2 rings (SSSR count). The molecule has 1 saturated heterocycles. The van der Waals surface area contributed by atoms with Gasteiger partial charge in [-0.3, -0.25) is 0 Å². The standard InChI is InChI=1S/C12H15N3O3/c1-18-12(17)10-2-3-11(14-13-10)15-6-4-9(8-16)5-7-15/h2-3,8-9H,4-7H2,1H3. The van der Waals surface area contributed by atoms with Crippen molar-refractivity contribution in [2.75, 3.05) is 25.1 Å². The van der Waals surface area contributed by atoms with Crippen LogP contribution >= 0.6 is 0 Å². The fourth-order valence-electron chi connectivity index (χ4n) is 1.97. The van der Waals surface area contributed by atoms with Gasteiger partial charge in [-0.15, -0.1) is 10.2 Å². The van der Waals surface area contributed by atoms with Crippen molar-refractivity contribution in [2.45, 2.75) is 12.8 Å². The molecule has 0 radical (unpaired) electrons. The molecule has 0 bridgehead atoms. The highest BCUT2D eigenvalue weighted by Crippen LogP contribution is 2.19. The number of nitrogens with zero attached hydrogens (tertiary/aromatic N) is 3. The maximum Gasteiger partial charge on any atom is 0.358 e. The fraction of sp³-hybridized carbons (Fsp3) is 0.500. The number of anilines is 1. The van der Waals surface area contributed by atoms with E-state index < -0.39 is 5.97 Å². The molecule has 18 heavy (non-hydrogen) atoms. The van der Waals surface area contributed by atoms with Gasteiger partial charge in [-0.1, -0.05) is 0 Å². The quantitative estimate of drug-likeness (QED) is 0.579. The van der Waals surface area contributed by atoms with Gasteiger partial charge in [-0.25, -0.2) is 4.79 Å². The number of hydrogen-bond donors (Lipinski definition) is 0. The first kappa shape index (κ1) is 12.5. The SMILES string of the molecule is COC(=O)c1ccc(N2CCC(C=O)CC2)nn1. The highest BCUT2D eigenvalue weighted by atomic mass is 16.5.